The fourth-order valence-electron chi connectivity index (χ4n) is 3.09. The molecule has 1 atom stereocenters. The third-order valence-electron chi connectivity index (χ3n) is 4.57. The van der Waals surface area contributed by atoms with Gasteiger partial charge in [-0.2, -0.15) is 0 Å². The molecule has 30 heavy (non-hydrogen) atoms. The van der Waals surface area contributed by atoms with Crippen molar-refractivity contribution >= 4 is 23.0 Å². The lowest BCUT2D eigenvalue weighted by Crippen LogP contribution is -2.43. The highest BCUT2D eigenvalue weighted by atomic mass is 32.1. The molecule has 0 bridgehead atoms. The molecule has 0 radical (unpaired) electrons. The molecule has 150 valence electrons. The number of amides is 1. The summed E-state index contributed by atoms with van der Waals surface area (Å²) in [4.78, 5) is 31.1. The highest BCUT2D eigenvalue weighted by molar-refractivity contribution is 7.17. The van der Waals surface area contributed by atoms with Crippen LogP contribution < -0.4 is 5.32 Å². The van der Waals surface area contributed by atoms with Crippen LogP contribution >= 0.6 is 11.3 Å². The molecule has 2 aromatic carbocycles. The SMILES string of the molecule is O=C(NC(Cn1ccnc1)C(=O)c1ccccc1)c1ccc(-c2cccc(F)c2)s1. The van der Waals surface area contributed by atoms with E-state index in [4.69, 9.17) is 0 Å². The predicted octanol–water partition coefficient (Wildman–Crippen LogP) is 4.43. The van der Waals surface area contributed by atoms with E-state index in [1.54, 1.807) is 71.8 Å². The standard InChI is InChI=1S/C23H18FN3O2S/c24-18-8-4-7-17(13-18)20-9-10-21(30-20)23(29)26-19(14-27-12-11-25-15-27)22(28)16-5-2-1-3-6-16/h1-13,15,19H,14H2,(H,26,29). The van der Waals surface area contributed by atoms with Crippen LogP contribution in [0.2, 0.25) is 0 Å². The van der Waals surface area contributed by atoms with E-state index in [9.17, 15) is 14.0 Å². The van der Waals surface area contributed by atoms with E-state index >= 15 is 0 Å². The second-order valence-corrected chi connectivity index (χ2v) is 7.77. The van der Waals surface area contributed by atoms with Crippen LogP contribution in [0.1, 0.15) is 20.0 Å². The molecule has 0 aliphatic carbocycles. The number of rotatable bonds is 7. The van der Waals surface area contributed by atoms with E-state index in [-0.39, 0.29) is 24.1 Å². The first-order chi connectivity index (χ1) is 14.6. The van der Waals surface area contributed by atoms with Gasteiger partial charge in [0.1, 0.15) is 11.9 Å². The lowest BCUT2D eigenvalue weighted by Gasteiger charge is -2.18. The minimum Gasteiger partial charge on any atom is -0.339 e. The number of hydrogen-bond acceptors (Lipinski definition) is 4. The topological polar surface area (TPSA) is 64.0 Å². The number of Topliss-reactive ketones (excluding diaryl/α,β-unsaturated/α-hetero) is 1. The minimum absolute atomic E-state index is 0.181. The summed E-state index contributed by atoms with van der Waals surface area (Å²) >= 11 is 1.25. The fraction of sp³-hybridized carbons (Fsp3) is 0.0870. The number of benzene rings is 2. The van der Waals surface area contributed by atoms with Crippen molar-refractivity contribution in [1.82, 2.24) is 14.9 Å². The van der Waals surface area contributed by atoms with Gasteiger partial charge >= 0.3 is 0 Å². The first-order valence-electron chi connectivity index (χ1n) is 9.32. The summed E-state index contributed by atoms with van der Waals surface area (Å²) in [6, 6.07) is 17.8. The van der Waals surface area contributed by atoms with E-state index in [1.165, 1.54) is 23.5 Å². The zero-order valence-electron chi connectivity index (χ0n) is 15.9. The number of nitrogens with one attached hydrogen (secondary N) is 1. The molecule has 0 fully saturated rings. The Labute approximate surface area is 176 Å². The maximum atomic E-state index is 13.5. The first-order valence-corrected chi connectivity index (χ1v) is 10.1. The van der Waals surface area contributed by atoms with Crippen molar-refractivity contribution in [1.29, 1.82) is 0 Å². The molecule has 1 N–H and O–H groups in total. The van der Waals surface area contributed by atoms with E-state index in [0.717, 1.165) is 4.88 Å². The van der Waals surface area contributed by atoms with Crippen molar-refractivity contribution in [2.75, 3.05) is 0 Å². The minimum atomic E-state index is -0.756. The maximum absolute atomic E-state index is 13.5. The Morgan fingerprint density at radius 2 is 1.90 bits per heavy atom. The van der Waals surface area contributed by atoms with Gasteiger partial charge in [0, 0.05) is 22.8 Å². The Bertz CT molecular complexity index is 1160. The normalized spacial score (nSPS) is 11.8. The van der Waals surface area contributed by atoms with Gasteiger partial charge in [-0.1, -0.05) is 42.5 Å². The Balaban J connectivity index is 1.55. The largest absolute Gasteiger partial charge is 0.339 e. The summed E-state index contributed by atoms with van der Waals surface area (Å²) < 4.78 is 15.2. The van der Waals surface area contributed by atoms with Crippen molar-refractivity contribution in [3.8, 4) is 10.4 Å². The third-order valence-corrected chi connectivity index (χ3v) is 5.70. The molecule has 0 spiro atoms. The maximum Gasteiger partial charge on any atom is 0.262 e. The molecule has 1 amide bonds. The van der Waals surface area contributed by atoms with Gasteiger partial charge in [0.05, 0.1) is 17.7 Å². The van der Waals surface area contributed by atoms with Gasteiger partial charge in [0.15, 0.2) is 5.78 Å². The summed E-state index contributed by atoms with van der Waals surface area (Å²) in [6.45, 7) is 0.265. The quantitative estimate of drug-likeness (QED) is 0.451. The molecule has 0 aliphatic heterocycles. The van der Waals surface area contributed by atoms with Gasteiger partial charge < -0.3 is 9.88 Å². The Morgan fingerprint density at radius 1 is 1.07 bits per heavy atom. The van der Waals surface area contributed by atoms with Gasteiger partial charge in [-0.15, -0.1) is 11.3 Å². The number of imidazole rings is 1. The molecule has 2 aromatic heterocycles. The zero-order valence-corrected chi connectivity index (χ0v) is 16.7. The number of nitrogens with zero attached hydrogens (tertiary/aromatic N) is 2. The highest BCUT2D eigenvalue weighted by Crippen LogP contribution is 2.28. The Kier molecular flexibility index (Phi) is 5.81. The molecule has 0 saturated heterocycles. The number of carbonyl (C=O) groups excluding carboxylic acids is 2. The zero-order chi connectivity index (χ0) is 20.9. The average molecular weight is 419 g/mol. The first kappa shape index (κ1) is 19.7. The third kappa shape index (κ3) is 4.52. The number of aromatic nitrogens is 2. The van der Waals surface area contributed by atoms with Gasteiger partial charge in [-0.05, 0) is 29.8 Å². The molecule has 1 unspecified atom stereocenters. The average Bonchev–Trinajstić information content (AvgIpc) is 3.46. The van der Waals surface area contributed by atoms with Crippen LogP contribution in [-0.4, -0.2) is 27.3 Å². The number of halogens is 1. The van der Waals surface area contributed by atoms with E-state index < -0.39 is 6.04 Å². The van der Waals surface area contributed by atoms with E-state index in [2.05, 4.69) is 10.3 Å². The van der Waals surface area contributed by atoms with Crippen LogP contribution in [0.25, 0.3) is 10.4 Å². The Hall–Kier alpha value is -3.58. The summed E-state index contributed by atoms with van der Waals surface area (Å²) in [6.07, 6.45) is 4.96. The summed E-state index contributed by atoms with van der Waals surface area (Å²) in [5.74, 6) is -0.864. The van der Waals surface area contributed by atoms with Crippen LogP contribution in [0, 0.1) is 5.82 Å². The summed E-state index contributed by atoms with van der Waals surface area (Å²) in [5.41, 5.74) is 1.23. The van der Waals surface area contributed by atoms with Crippen molar-refractivity contribution in [2.24, 2.45) is 0 Å². The molecule has 4 aromatic rings. The monoisotopic (exact) mass is 419 g/mol. The van der Waals surface area contributed by atoms with Gasteiger partial charge in [0.25, 0.3) is 5.91 Å². The predicted molar refractivity (Wildman–Crippen MR) is 114 cm³/mol. The molecule has 4 rings (SSSR count). The molecule has 2 heterocycles. The number of carbonyl (C=O) groups is 2. The fourth-order valence-corrected chi connectivity index (χ4v) is 3.99. The summed E-state index contributed by atoms with van der Waals surface area (Å²) in [7, 11) is 0. The molecule has 7 heteroatoms. The lowest BCUT2D eigenvalue weighted by atomic mass is 10.0. The van der Waals surface area contributed by atoms with Crippen LogP contribution in [0.15, 0.2) is 85.5 Å². The van der Waals surface area contributed by atoms with E-state index in [1.807, 2.05) is 6.07 Å². The molecular formula is C23H18FN3O2S. The van der Waals surface area contributed by atoms with Crippen LogP contribution in [0.3, 0.4) is 0 Å². The van der Waals surface area contributed by atoms with Crippen LogP contribution in [0.5, 0.6) is 0 Å². The van der Waals surface area contributed by atoms with Crippen molar-refractivity contribution < 1.29 is 14.0 Å². The van der Waals surface area contributed by atoms with E-state index in [0.29, 0.717) is 16.0 Å². The lowest BCUT2D eigenvalue weighted by molar-refractivity contribution is 0.0850. The van der Waals surface area contributed by atoms with Gasteiger partial charge in [0.2, 0.25) is 0 Å². The van der Waals surface area contributed by atoms with Crippen molar-refractivity contribution in [2.45, 2.75) is 12.6 Å². The van der Waals surface area contributed by atoms with Gasteiger partial charge in [-0.25, -0.2) is 9.37 Å². The number of hydrogen-bond donors (Lipinski definition) is 1. The molecule has 0 aliphatic rings. The number of ketones is 1. The van der Waals surface area contributed by atoms with Gasteiger partial charge in [-0.3, -0.25) is 9.59 Å². The highest BCUT2D eigenvalue weighted by Gasteiger charge is 2.24. The van der Waals surface area contributed by atoms with Crippen LogP contribution in [-0.2, 0) is 6.54 Å². The second kappa shape index (κ2) is 8.84. The summed E-state index contributed by atoms with van der Waals surface area (Å²) in [5, 5.41) is 2.85. The van der Waals surface area contributed by atoms with Crippen molar-refractivity contribution in [3.63, 3.8) is 0 Å². The Morgan fingerprint density at radius 3 is 2.63 bits per heavy atom. The second-order valence-electron chi connectivity index (χ2n) is 6.69. The van der Waals surface area contributed by atoms with Crippen molar-refractivity contribution in [3.05, 3.63) is 102 Å². The number of thiophene rings is 1. The molecule has 5 nitrogen and oxygen atoms in total. The van der Waals surface area contributed by atoms with Crippen LogP contribution in [0.4, 0.5) is 4.39 Å². The smallest absolute Gasteiger partial charge is 0.262 e. The molecular weight excluding hydrogens is 401 g/mol. The molecule has 0 saturated carbocycles.